The van der Waals surface area contributed by atoms with E-state index in [1.165, 1.54) is 0 Å². The monoisotopic (exact) mass is 326 g/mol. The molecule has 1 amide bonds. The zero-order chi connectivity index (χ0) is 16.6. The predicted octanol–water partition coefficient (Wildman–Crippen LogP) is 2.04. The van der Waals surface area contributed by atoms with Crippen LogP contribution >= 0.6 is 0 Å². The molecule has 0 fully saturated rings. The van der Waals surface area contributed by atoms with E-state index >= 15 is 0 Å². The number of nitrogens with one attached hydrogen (secondary N) is 1. The number of rotatable bonds is 9. The number of nitrogens with zero attached hydrogens (tertiary/aromatic N) is 1. The van der Waals surface area contributed by atoms with Crippen molar-refractivity contribution in [2.45, 2.75) is 33.1 Å². The molecule has 22 heavy (non-hydrogen) atoms. The minimum absolute atomic E-state index is 0.0526. The summed E-state index contributed by atoms with van der Waals surface area (Å²) < 4.78 is 24.5. The first-order valence-electron chi connectivity index (χ1n) is 7.70. The normalized spacial score (nSPS) is 11.4. The van der Waals surface area contributed by atoms with Gasteiger partial charge in [0, 0.05) is 25.2 Å². The molecule has 6 heteroatoms. The molecule has 0 saturated carbocycles. The van der Waals surface area contributed by atoms with Crippen LogP contribution in [0.5, 0.6) is 0 Å². The summed E-state index contributed by atoms with van der Waals surface area (Å²) >= 11 is 0. The van der Waals surface area contributed by atoms with Gasteiger partial charge in [-0.2, -0.15) is 0 Å². The molecule has 1 N–H and O–H groups in total. The van der Waals surface area contributed by atoms with Crippen LogP contribution in [-0.4, -0.2) is 45.1 Å². The van der Waals surface area contributed by atoms with Crippen molar-refractivity contribution < 1.29 is 13.2 Å². The molecule has 0 spiro atoms. The molecule has 0 saturated heterocycles. The Bertz CT molecular complexity index is 568. The lowest BCUT2D eigenvalue weighted by atomic mass is 10.1. The summed E-state index contributed by atoms with van der Waals surface area (Å²) in [5.74, 6) is 0.0526. The van der Waals surface area contributed by atoms with E-state index in [9.17, 15) is 13.2 Å². The number of sulfonamides is 1. The molecular weight excluding hydrogens is 300 g/mol. The number of amides is 1. The fraction of sp³-hybridized carbons (Fsp3) is 0.562. The van der Waals surface area contributed by atoms with Crippen molar-refractivity contribution in [2.75, 3.05) is 25.9 Å². The van der Waals surface area contributed by atoms with Gasteiger partial charge < -0.3 is 4.90 Å². The highest BCUT2D eigenvalue weighted by atomic mass is 32.2. The Balaban J connectivity index is 2.61. The Morgan fingerprint density at radius 2 is 1.82 bits per heavy atom. The first-order chi connectivity index (χ1) is 10.4. The number of hydrogen-bond donors (Lipinski definition) is 1. The zero-order valence-corrected chi connectivity index (χ0v) is 14.4. The van der Waals surface area contributed by atoms with E-state index in [1.807, 2.05) is 36.1 Å². The predicted molar refractivity (Wildman–Crippen MR) is 89.5 cm³/mol. The fourth-order valence-corrected chi connectivity index (χ4v) is 2.60. The molecular formula is C16H26N2O3S. The van der Waals surface area contributed by atoms with Crippen molar-refractivity contribution >= 4 is 15.9 Å². The van der Waals surface area contributed by atoms with Crippen molar-refractivity contribution in [1.29, 1.82) is 0 Å². The molecule has 0 radical (unpaired) electrons. The summed E-state index contributed by atoms with van der Waals surface area (Å²) in [6.45, 7) is 5.95. The second-order valence-electron chi connectivity index (χ2n) is 5.35. The summed E-state index contributed by atoms with van der Waals surface area (Å²) in [5, 5.41) is 0. The molecule has 0 aromatic heterocycles. The first kappa shape index (κ1) is 18.6. The summed E-state index contributed by atoms with van der Waals surface area (Å²) in [4.78, 5) is 14.2. The van der Waals surface area contributed by atoms with E-state index in [0.29, 0.717) is 25.1 Å². The summed E-state index contributed by atoms with van der Waals surface area (Å²) in [6, 6.07) is 7.38. The molecule has 0 aliphatic heterocycles. The molecule has 1 rings (SSSR count). The molecule has 0 unspecified atom stereocenters. The summed E-state index contributed by atoms with van der Waals surface area (Å²) in [5.41, 5.74) is 1.68. The Morgan fingerprint density at radius 1 is 1.18 bits per heavy atom. The number of unbranched alkanes of at least 4 members (excludes halogenated alkanes) is 1. The zero-order valence-electron chi connectivity index (χ0n) is 13.6. The van der Waals surface area contributed by atoms with Crippen molar-refractivity contribution in [1.82, 2.24) is 9.62 Å². The SMILES string of the molecule is CCCCN(CC)C(=O)c1ccc(CCNS(C)(=O)=O)cc1. The molecule has 0 aliphatic rings. The van der Waals surface area contributed by atoms with Crippen LogP contribution in [-0.2, 0) is 16.4 Å². The van der Waals surface area contributed by atoms with Gasteiger partial charge in [0.2, 0.25) is 10.0 Å². The van der Waals surface area contributed by atoms with Gasteiger partial charge in [-0.15, -0.1) is 0 Å². The average Bonchev–Trinajstić information content (AvgIpc) is 2.47. The minimum Gasteiger partial charge on any atom is -0.339 e. The third-order valence-electron chi connectivity index (χ3n) is 3.43. The molecule has 5 nitrogen and oxygen atoms in total. The third kappa shape index (κ3) is 6.58. The van der Waals surface area contributed by atoms with Gasteiger partial charge in [0.15, 0.2) is 0 Å². The van der Waals surface area contributed by atoms with Crippen molar-refractivity contribution in [3.05, 3.63) is 35.4 Å². The average molecular weight is 326 g/mol. The van der Waals surface area contributed by atoms with Gasteiger partial charge in [0.1, 0.15) is 0 Å². The summed E-state index contributed by atoms with van der Waals surface area (Å²) in [6.07, 6.45) is 3.82. The van der Waals surface area contributed by atoms with E-state index < -0.39 is 10.0 Å². The van der Waals surface area contributed by atoms with Crippen LogP contribution in [0.1, 0.15) is 42.6 Å². The van der Waals surface area contributed by atoms with Gasteiger partial charge in [-0.25, -0.2) is 13.1 Å². The molecule has 1 aromatic rings. The second-order valence-corrected chi connectivity index (χ2v) is 7.18. The van der Waals surface area contributed by atoms with E-state index in [1.54, 1.807) is 0 Å². The molecule has 124 valence electrons. The lowest BCUT2D eigenvalue weighted by molar-refractivity contribution is 0.0762. The van der Waals surface area contributed by atoms with Gasteiger partial charge >= 0.3 is 0 Å². The molecule has 0 atom stereocenters. The fourth-order valence-electron chi connectivity index (χ4n) is 2.13. The van der Waals surface area contributed by atoms with Crippen molar-refractivity contribution in [2.24, 2.45) is 0 Å². The van der Waals surface area contributed by atoms with E-state index in [0.717, 1.165) is 31.2 Å². The molecule has 0 heterocycles. The highest BCUT2D eigenvalue weighted by molar-refractivity contribution is 7.88. The van der Waals surface area contributed by atoms with Crippen LogP contribution in [0.2, 0.25) is 0 Å². The van der Waals surface area contributed by atoms with Gasteiger partial charge in [0.05, 0.1) is 6.26 Å². The summed E-state index contributed by atoms with van der Waals surface area (Å²) in [7, 11) is -3.15. The van der Waals surface area contributed by atoms with Crippen LogP contribution < -0.4 is 4.72 Å². The lowest BCUT2D eigenvalue weighted by Gasteiger charge is -2.20. The molecule has 1 aromatic carbocycles. The highest BCUT2D eigenvalue weighted by Crippen LogP contribution is 2.09. The third-order valence-corrected chi connectivity index (χ3v) is 4.16. The number of carbonyl (C=O) groups is 1. The van der Waals surface area contributed by atoms with Crippen LogP contribution in [0.15, 0.2) is 24.3 Å². The van der Waals surface area contributed by atoms with Crippen molar-refractivity contribution in [3.8, 4) is 0 Å². The van der Waals surface area contributed by atoms with Crippen LogP contribution in [0.25, 0.3) is 0 Å². The maximum absolute atomic E-state index is 12.4. The smallest absolute Gasteiger partial charge is 0.253 e. The molecule has 0 aliphatic carbocycles. The number of carbonyl (C=O) groups excluding carboxylic acids is 1. The van der Waals surface area contributed by atoms with Gasteiger partial charge in [-0.3, -0.25) is 4.79 Å². The largest absolute Gasteiger partial charge is 0.339 e. The van der Waals surface area contributed by atoms with Crippen molar-refractivity contribution in [3.63, 3.8) is 0 Å². The van der Waals surface area contributed by atoms with Crippen LogP contribution in [0.4, 0.5) is 0 Å². The van der Waals surface area contributed by atoms with Gasteiger partial charge in [-0.05, 0) is 37.5 Å². The number of benzene rings is 1. The topological polar surface area (TPSA) is 66.5 Å². The van der Waals surface area contributed by atoms with Gasteiger partial charge in [-0.1, -0.05) is 25.5 Å². The Kier molecular flexibility index (Phi) is 7.55. The van der Waals surface area contributed by atoms with E-state index in [4.69, 9.17) is 0 Å². The maximum Gasteiger partial charge on any atom is 0.253 e. The minimum atomic E-state index is -3.15. The van der Waals surface area contributed by atoms with Crippen LogP contribution in [0.3, 0.4) is 0 Å². The number of hydrogen-bond acceptors (Lipinski definition) is 3. The van der Waals surface area contributed by atoms with Crippen LogP contribution in [0, 0.1) is 0 Å². The Hall–Kier alpha value is -1.40. The maximum atomic E-state index is 12.4. The van der Waals surface area contributed by atoms with Gasteiger partial charge in [0.25, 0.3) is 5.91 Å². The Morgan fingerprint density at radius 3 is 2.32 bits per heavy atom. The second kappa shape index (κ2) is 8.90. The standard InChI is InChI=1S/C16H26N2O3S/c1-4-6-13-18(5-2)16(19)15-9-7-14(8-10-15)11-12-17-22(3,20)21/h7-10,17H,4-6,11-13H2,1-3H3. The lowest BCUT2D eigenvalue weighted by Crippen LogP contribution is -2.31. The van der Waals surface area contributed by atoms with E-state index in [2.05, 4.69) is 11.6 Å². The molecule has 0 bridgehead atoms. The van der Waals surface area contributed by atoms with E-state index in [-0.39, 0.29) is 5.91 Å². The highest BCUT2D eigenvalue weighted by Gasteiger charge is 2.13. The Labute approximate surface area is 133 Å². The first-order valence-corrected chi connectivity index (χ1v) is 9.59. The quantitative estimate of drug-likeness (QED) is 0.755.